The number of carbonyl (C=O) groups is 1. The summed E-state index contributed by atoms with van der Waals surface area (Å²) in [6, 6.07) is 0. The molecular formula is C8H13NO3. The van der Waals surface area contributed by atoms with Crippen molar-refractivity contribution in [3.8, 4) is 0 Å². The highest BCUT2D eigenvalue weighted by Crippen LogP contribution is 2.25. The summed E-state index contributed by atoms with van der Waals surface area (Å²) in [6.07, 6.45) is 2.62. The van der Waals surface area contributed by atoms with Crippen LogP contribution in [-0.2, 0) is 9.47 Å². The van der Waals surface area contributed by atoms with Gasteiger partial charge in [-0.2, -0.15) is 0 Å². The second kappa shape index (κ2) is 2.94. The smallest absolute Gasteiger partial charge is 0.407 e. The van der Waals surface area contributed by atoms with Crippen molar-refractivity contribution in [2.45, 2.75) is 24.8 Å². The molecule has 0 saturated carbocycles. The SMILES string of the molecule is O=C1NC2(CCCOC2)CCO1. The van der Waals surface area contributed by atoms with Gasteiger partial charge in [0.1, 0.15) is 0 Å². The number of nitrogens with one attached hydrogen (secondary N) is 1. The van der Waals surface area contributed by atoms with Crippen molar-refractivity contribution in [2.75, 3.05) is 19.8 Å². The van der Waals surface area contributed by atoms with Crippen LogP contribution in [0.15, 0.2) is 0 Å². The molecule has 2 aliphatic heterocycles. The maximum atomic E-state index is 10.9. The van der Waals surface area contributed by atoms with Crippen molar-refractivity contribution < 1.29 is 14.3 Å². The summed E-state index contributed by atoms with van der Waals surface area (Å²) in [6.45, 7) is 1.98. The summed E-state index contributed by atoms with van der Waals surface area (Å²) in [7, 11) is 0. The quantitative estimate of drug-likeness (QED) is 0.582. The second-order valence-electron chi connectivity index (χ2n) is 3.45. The first kappa shape index (κ1) is 7.86. The van der Waals surface area contributed by atoms with Crippen LogP contribution in [0.5, 0.6) is 0 Å². The molecule has 4 heteroatoms. The zero-order valence-corrected chi connectivity index (χ0v) is 6.97. The summed E-state index contributed by atoms with van der Waals surface area (Å²) in [5, 5.41) is 2.85. The Morgan fingerprint density at radius 2 is 2.25 bits per heavy atom. The Morgan fingerprint density at radius 3 is 2.92 bits per heavy atom. The van der Waals surface area contributed by atoms with Gasteiger partial charge in [0.15, 0.2) is 0 Å². The Bertz CT molecular complexity index is 181. The molecule has 12 heavy (non-hydrogen) atoms. The van der Waals surface area contributed by atoms with Gasteiger partial charge in [-0.15, -0.1) is 0 Å². The largest absolute Gasteiger partial charge is 0.449 e. The molecule has 0 aromatic rings. The highest BCUT2D eigenvalue weighted by atomic mass is 16.6. The van der Waals surface area contributed by atoms with E-state index in [1.807, 2.05) is 0 Å². The van der Waals surface area contributed by atoms with E-state index in [1.54, 1.807) is 0 Å². The van der Waals surface area contributed by atoms with E-state index in [2.05, 4.69) is 5.32 Å². The van der Waals surface area contributed by atoms with E-state index in [0.29, 0.717) is 13.2 Å². The van der Waals surface area contributed by atoms with Crippen molar-refractivity contribution in [3.05, 3.63) is 0 Å². The van der Waals surface area contributed by atoms with Crippen molar-refractivity contribution in [3.63, 3.8) is 0 Å². The lowest BCUT2D eigenvalue weighted by molar-refractivity contribution is -0.0109. The third-order valence-electron chi connectivity index (χ3n) is 2.50. The Labute approximate surface area is 71.2 Å². The van der Waals surface area contributed by atoms with Crippen molar-refractivity contribution in [2.24, 2.45) is 0 Å². The Hall–Kier alpha value is -0.770. The molecule has 4 nitrogen and oxygen atoms in total. The van der Waals surface area contributed by atoms with E-state index in [4.69, 9.17) is 9.47 Å². The normalized spacial score (nSPS) is 35.8. The van der Waals surface area contributed by atoms with Crippen LogP contribution in [0.3, 0.4) is 0 Å². The molecule has 1 unspecified atom stereocenters. The molecule has 0 aliphatic carbocycles. The first-order valence-corrected chi connectivity index (χ1v) is 4.33. The molecule has 2 aliphatic rings. The highest BCUT2D eigenvalue weighted by molar-refractivity contribution is 5.69. The number of cyclic esters (lactones) is 1. The molecule has 1 N–H and O–H groups in total. The van der Waals surface area contributed by atoms with Gasteiger partial charge >= 0.3 is 6.09 Å². The number of hydrogen-bond acceptors (Lipinski definition) is 3. The minimum absolute atomic E-state index is 0.117. The van der Waals surface area contributed by atoms with Gasteiger partial charge in [0, 0.05) is 13.0 Å². The average molecular weight is 171 g/mol. The predicted octanol–water partition coefficient (Wildman–Crippen LogP) is 0.665. The topological polar surface area (TPSA) is 47.6 Å². The summed E-state index contributed by atoms with van der Waals surface area (Å²) >= 11 is 0. The minimum Gasteiger partial charge on any atom is -0.449 e. The Kier molecular flexibility index (Phi) is 1.92. The van der Waals surface area contributed by atoms with E-state index in [-0.39, 0.29) is 11.6 Å². The van der Waals surface area contributed by atoms with Crippen LogP contribution in [0, 0.1) is 0 Å². The van der Waals surface area contributed by atoms with E-state index < -0.39 is 0 Å². The van der Waals surface area contributed by atoms with Gasteiger partial charge in [-0.3, -0.25) is 0 Å². The van der Waals surface area contributed by atoms with Crippen LogP contribution >= 0.6 is 0 Å². The number of rotatable bonds is 0. The number of hydrogen-bond donors (Lipinski definition) is 1. The van der Waals surface area contributed by atoms with Crippen LogP contribution in [-0.4, -0.2) is 31.5 Å². The fourth-order valence-electron chi connectivity index (χ4n) is 1.80. The van der Waals surface area contributed by atoms with Crippen LogP contribution in [0.2, 0.25) is 0 Å². The number of ether oxygens (including phenoxy) is 2. The van der Waals surface area contributed by atoms with Gasteiger partial charge in [-0.05, 0) is 12.8 Å². The monoisotopic (exact) mass is 171 g/mol. The molecule has 0 bridgehead atoms. The molecule has 0 radical (unpaired) electrons. The van der Waals surface area contributed by atoms with Gasteiger partial charge in [-0.25, -0.2) is 4.79 Å². The molecule has 0 aromatic heterocycles. The van der Waals surface area contributed by atoms with Gasteiger partial charge < -0.3 is 14.8 Å². The first-order chi connectivity index (χ1) is 5.81. The zero-order valence-electron chi connectivity index (χ0n) is 6.97. The van der Waals surface area contributed by atoms with Crippen molar-refractivity contribution in [1.29, 1.82) is 0 Å². The lowest BCUT2D eigenvalue weighted by Crippen LogP contribution is -2.57. The number of alkyl carbamates (subject to hydrolysis) is 1. The van der Waals surface area contributed by atoms with Crippen LogP contribution in [0.25, 0.3) is 0 Å². The molecule has 2 saturated heterocycles. The summed E-state index contributed by atoms with van der Waals surface area (Å²) < 4.78 is 10.1. The van der Waals surface area contributed by atoms with E-state index in [1.165, 1.54) is 0 Å². The van der Waals surface area contributed by atoms with Gasteiger partial charge in [-0.1, -0.05) is 0 Å². The zero-order chi connectivity index (χ0) is 8.44. The maximum absolute atomic E-state index is 10.9. The van der Waals surface area contributed by atoms with Crippen LogP contribution in [0.1, 0.15) is 19.3 Å². The summed E-state index contributed by atoms with van der Waals surface area (Å²) in [5.41, 5.74) is -0.117. The average Bonchev–Trinajstić information content (AvgIpc) is 2.05. The fourth-order valence-corrected chi connectivity index (χ4v) is 1.80. The van der Waals surface area contributed by atoms with Crippen LogP contribution < -0.4 is 5.32 Å². The Morgan fingerprint density at radius 1 is 1.33 bits per heavy atom. The summed E-state index contributed by atoms with van der Waals surface area (Å²) in [5.74, 6) is 0. The fraction of sp³-hybridized carbons (Fsp3) is 0.875. The number of carbonyl (C=O) groups excluding carboxylic acids is 1. The Balaban J connectivity index is 2.02. The van der Waals surface area contributed by atoms with Crippen LogP contribution in [0.4, 0.5) is 4.79 Å². The lowest BCUT2D eigenvalue weighted by atomic mass is 9.89. The van der Waals surface area contributed by atoms with E-state index in [0.717, 1.165) is 25.9 Å². The first-order valence-electron chi connectivity index (χ1n) is 4.33. The molecule has 68 valence electrons. The maximum Gasteiger partial charge on any atom is 0.407 e. The molecule has 0 aromatic carbocycles. The number of amides is 1. The standard InChI is InChI=1S/C8H13NO3/c10-7-9-8(3-5-12-7)2-1-4-11-6-8/h1-6H2,(H,9,10). The van der Waals surface area contributed by atoms with Crippen molar-refractivity contribution in [1.82, 2.24) is 5.32 Å². The predicted molar refractivity (Wildman–Crippen MR) is 41.9 cm³/mol. The summed E-state index contributed by atoms with van der Waals surface area (Å²) in [4.78, 5) is 10.9. The third-order valence-corrected chi connectivity index (χ3v) is 2.50. The molecule has 1 spiro atoms. The highest BCUT2D eigenvalue weighted by Gasteiger charge is 2.37. The molecule has 1 amide bonds. The van der Waals surface area contributed by atoms with Gasteiger partial charge in [0.2, 0.25) is 0 Å². The molecule has 2 fully saturated rings. The third kappa shape index (κ3) is 1.39. The van der Waals surface area contributed by atoms with E-state index >= 15 is 0 Å². The van der Waals surface area contributed by atoms with Gasteiger partial charge in [0.05, 0.1) is 18.8 Å². The molecule has 1 atom stereocenters. The molecule has 2 heterocycles. The molecular weight excluding hydrogens is 158 g/mol. The van der Waals surface area contributed by atoms with E-state index in [9.17, 15) is 4.79 Å². The minimum atomic E-state index is -0.299. The second-order valence-corrected chi connectivity index (χ2v) is 3.45. The lowest BCUT2D eigenvalue weighted by Gasteiger charge is -2.39. The van der Waals surface area contributed by atoms with Crippen molar-refractivity contribution >= 4 is 6.09 Å². The molecule has 2 rings (SSSR count). The van der Waals surface area contributed by atoms with Gasteiger partial charge in [0.25, 0.3) is 0 Å².